The zero-order chi connectivity index (χ0) is 23.4. The van der Waals surface area contributed by atoms with Crippen molar-refractivity contribution < 1.29 is 34.0 Å². The molecule has 0 aromatic heterocycles. The fourth-order valence-electron chi connectivity index (χ4n) is 3.87. The largest absolute Gasteiger partial charge is 0.507 e. The molecular formula is C24H27NO7. The van der Waals surface area contributed by atoms with Crippen LogP contribution in [0.4, 0.5) is 0 Å². The number of carbonyl (C=O) groups is 2. The first kappa shape index (κ1) is 23.1. The number of Topliss-reactive ketones (excluding diaryl/α,β-unsaturated/α-hetero) is 1. The molecule has 2 aromatic rings. The molecule has 170 valence electrons. The van der Waals surface area contributed by atoms with Crippen LogP contribution in [0, 0.1) is 6.92 Å². The summed E-state index contributed by atoms with van der Waals surface area (Å²) in [6.45, 7) is 2.48. The summed E-state index contributed by atoms with van der Waals surface area (Å²) in [6, 6.07) is 8.93. The van der Waals surface area contributed by atoms with Crippen LogP contribution in [0.5, 0.6) is 17.2 Å². The van der Waals surface area contributed by atoms with Crippen LogP contribution in [0.1, 0.15) is 29.2 Å². The summed E-state index contributed by atoms with van der Waals surface area (Å²) >= 11 is 0. The van der Waals surface area contributed by atoms with Crippen molar-refractivity contribution in [1.82, 2.24) is 4.90 Å². The van der Waals surface area contributed by atoms with Crippen LogP contribution < -0.4 is 9.47 Å². The summed E-state index contributed by atoms with van der Waals surface area (Å²) in [5.74, 6) is -1.38. The van der Waals surface area contributed by atoms with E-state index in [0.29, 0.717) is 29.9 Å². The van der Waals surface area contributed by atoms with Crippen molar-refractivity contribution in [3.63, 3.8) is 0 Å². The molecule has 0 bridgehead atoms. The Kier molecular flexibility index (Phi) is 7.05. The number of ketones is 1. The number of aryl methyl sites for hydroxylation is 1. The number of nitrogens with zero attached hydrogens (tertiary/aromatic N) is 1. The van der Waals surface area contributed by atoms with Gasteiger partial charge < -0.3 is 29.3 Å². The molecule has 8 nitrogen and oxygen atoms in total. The monoisotopic (exact) mass is 441 g/mol. The molecule has 0 radical (unpaired) electrons. The van der Waals surface area contributed by atoms with Gasteiger partial charge in [-0.05, 0) is 43.2 Å². The van der Waals surface area contributed by atoms with Gasteiger partial charge in [0.25, 0.3) is 11.7 Å². The fraction of sp³-hybridized carbons (Fsp3) is 0.333. The van der Waals surface area contributed by atoms with Crippen molar-refractivity contribution in [3.8, 4) is 17.2 Å². The van der Waals surface area contributed by atoms with Gasteiger partial charge in [0.2, 0.25) is 0 Å². The summed E-state index contributed by atoms with van der Waals surface area (Å²) in [4.78, 5) is 27.4. The standard InChI is InChI=1S/C24H27NO7/c1-14-6-8-18(31-3)16(12-14)22(27)20-21(15-7-9-19(32-4)17(26)13-15)25(10-5-11-30-2)24(29)23(20)28/h6-9,12-13,21,26-27H,5,10-11H2,1-4H3/b22-20+. The summed E-state index contributed by atoms with van der Waals surface area (Å²) in [7, 11) is 4.44. The van der Waals surface area contributed by atoms with Gasteiger partial charge in [-0.15, -0.1) is 0 Å². The van der Waals surface area contributed by atoms with Gasteiger partial charge >= 0.3 is 0 Å². The van der Waals surface area contributed by atoms with Crippen LogP contribution in [0.15, 0.2) is 42.0 Å². The topological polar surface area (TPSA) is 106 Å². The van der Waals surface area contributed by atoms with Crippen LogP contribution in [0.2, 0.25) is 0 Å². The normalized spacial score (nSPS) is 17.6. The van der Waals surface area contributed by atoms with Gasteiger partial charge in [-0.3, -0.25) is 9.59 Å². The van der Waals surface area contributed by atoms with E-state index in [1.54, 1.807) is 31.4 Å². The number of hydrogen-bond acceptors (Lipinski definition) is 7. The molecule has 1 amide bonds. The van der Waals surface area contributed by atoms with Gasteiger partial charge in [-0.2, -0.15) is 0 Å². The lowest BCUT2D eigenvalue weighted by atomic mass is 9.94. The second-order valence-corrected chi connectivity index (χ2v) is 7.47. The van der Waals surface area contributed by atoms with E-state index >= 15 is 0 Å². The highest BCUT2D eigenvalue weighted by Crippen LogP contribution is 2.43. The summed E-state index contributed by atoms with van der Waals surface area (Å²) in [6.07, 6.45) is 0.496. The smallest absolute Gasteiger partial charge is 0.295 e. The molecular weight excluding hydrogens is 414 g/mol. The number of likely N-dealkylation sites (tertiary alicyclic amines) is 1. The number of phenols is 1. The quantitative estimate of drug-likeness (QED) is 0.281. The highest BCUT2D eigenvalue weighted by molar-refractivity contribution is 6.46. The van der Waals surface area contributed by atoms with Crippen molar-refractivity contribution in [2.45, 2.75) is 19.4 Å². The first-order valence-electron chi connectivity index (χ1n) is 10.1. The minimum atomic E-state index is -0.895. The third kappa shape index (κ3) is 4.27. The second-order valence-electron chi connectivity index (χ2n) is 7.47. The molecule has 0 aliphatic carbocycles. The molecule has 1 atom stereocenters. The average Bonchev–Trinajstić information content (AvgIpc) is 3.03. The molecule has 1 unspecified atom stereocenters. The van der Waals surface area contributed by atoms with Crippen LogP contribution in [0.25, 0.3) is 5.76 Å². The Labute approximate surface area is 186 Å². The molecule has 3 rings (SSSR count). The fourth-order valence-corrected chi connectivity index (χ4v) is 3.87. The maximum Gasteiger partial charge on any atom is 0.295 e. The Morgan fingerprint density at radius 3 is 2.34 bits per heavy atom. The average molecular weight is 441 g/mol. The van der Waals surface area contributed by atoms with E-state index in [1.165, 1.54) is 25.2 Å². The second kappa shape index (κ2) is 9.74. The van der Waals surface area contributed by atoms with Crippen LogP contribution >= 0.6 is 0 Å². The van der Waals surface area contributed by atoms with Gasteiger partial charge in [0.05, 0.1) is 31.4 Å². The molecule has 0 saturated carbocycles. The first-order chi connectivity index (χ1) is 15.3. The molecule has 2 N–H and O–H groups in total. The van der Waals surface area contributed by atoms with Crippen LogP contribution in [-0.2, 0) is 14.3 Å². The minimum Gasteiger partial charge on any atom is -0.507 e. The lowest BCUT2D eigenvalue weighted by Crippen LogP contribution is -2.31. The van der Waals surface area contributed by atoms with Crippen molar-refractivity contribution in [1.29, 1.82) is 0 Å². The van der Waals surface area contributed by atoms with Crippen molar-refractivity contribution in [3.05, 3.63) is 58.7 Å². The van der Waals surface area contributed by atoms with Gasteiger partial charge in [0.1, 0.15) is 11.5 Å². The predicted molar refractivity (Wildman–Crippen MR) is 118 cm³/mol. The van der Waals surface area contributed by atoms with Crippen molar-refractivity contribution in [2.24, 2.45) is 0 Å². The zero-order valence-corrected chi connectivity index (χ0v) is 18.5. The predicted octanol–water partition coefficient (Wildman–Crippen LogP) is 3.18. The maximum atomic E-state index is 13.1. The maximum absolute atomic E-state index is 13.1. The van der Waals surface area contributed by atoms with Crippen LogP contribution in [-0.4, -0.2) is 61.3 Å². The number of rotatable bonds is 8. The van der Waals surface area contributed by atoms with Crippen molar-refractivity contribution in [2.75, 3.05) is 34.5 Å². The zero-order valence-electron chi connectivity index (χ0n) is 18.5. The molecule has 1 fully saturated rings. The van der Waals surface area contributed by atoms with Crippen LogP contribution in [0.3, 0.4) is 0 Å². The summed E-state index contributed by atoms with van der Waals surface area (Å²) in [5, 5.41) is 21.5. The van der Waals surface area contributed by atoms with Gasteiger partial charge in [-0.1, -0.05) is 17.7 Å². The molecule has 1 aliphatic rings. The lowest BCUT2D eigenvalue weighted by Gasteiger charge is -2.25. The van der Waals surface area contributed by atoms with Gasteiger partial charge in [-0.25, -0.2) is 0 Å². The number of amides is 1. The summed E-state index contributed by atoms with van der Waals surface area (Å²) in [5.41, 5.74) is 1.56. The third-order valence-corrected chi connectivity index (χ3v) is 5.42. The van der Waals surface area contributed by atoms with E-state index in [4.69, 9.17) is 14.2 Å². The third-order valence-electron chi connectivity index (χ3n) is 5.42. The van der Waals surface area contributed by atoms with Crippen molar-refractivity contribution >= 4 is 17.4 Å². The number of aromatic hydroxyl groups is 1. The molecule has 8 heteroatoms. The molecule has 1 heterocycles. The molecule has 0 spiro atoms. The number of aliphatic hydroxyl groups excluding tert-OH is 1. The number of ether oxygens (including phenoxy) is 3. The van der Waals surface area contributed by atoms with E-state index in [1.807, 2.05) is 13.0 Å². The number of benzene rings is 2. The number of carbonyl (C=O) groups excluding carboxylic acids is 2. The molecule has 32 heavy (non-hydrogen) atoms. The Morgan fingerprint density at radius 1 is 1.03 bits per heavy atom. The Morgan fingerprint density at radius 2 is 1.72 bits per heavy atom. The number of aliphatic hydroxyl groups is 1. The number of methoxy groups -OCH3 is 3. The molecule has 2 aromatic carbocycles. The SMILES string of the molecule is COCCCN1C(=O)C(=O)/C(=C(/O)c2cc(C)ccc2OC)C1c1ccc(OC)c(O)c1. The number of hydrogen-bond donors (Lipinski definition) is 2. The van der Waals surface area contributed by atoms with Gasteiger partial charge in [0.15, 0.2) is 11.5 Å². The number of phenolic OH excluding ortho intramolecular Hbond substituents is 1. The van der Waals surface area contributed by atoms with Gasteiger partial charge in [0, 0.05) is 20.3 Å². The van der Waals surface area contributed by atoms with E-state index in [2.05, 4.69) is 0 Å². The highest BCUT2D eigenvalue weighted by atomic mass is 16.5. The van der Waals surface area contributed by atoms with E-state index in [0.717, 1.165) is 5.56 Å². The first-order valence-corrected chi connectivity index (χ1v) is 10.1. The van der Waals surface area contributed by atoms with E-state index in [-0.39, 0.29) is 29.4 Å². The Balaban J connectivity index is 2.21. The molecule has 1 aliphatic heterocycles. The molecule has 1 saturated heterocycles. The van der Waals surface area contributed by atoms with E-state index < -0.39 is 17.7 Å². The summed E-state index contributed by atoms with van der Waals surface area (Å²) < 4.78 is 15.6. The Hall–Kier alpha value is -3.52. The van der Waals surface area contributed by atoms with E-state index in [9.17, 15) is 19.8 Å². The highest BCUT2D eigenvalue weighted by Gasteiger charge is 2.46. The lowest BCUT2D eigenvalue weighted by molar-refractivity contribution is -0.140. The minimum absolute atomic E-state index is 0.0686. The Bertz CT molecular complexity index is 1060.